The van der Waals surface area contributed by atoms with Gasteiger partial charge in [-0.1, -0.05) is 78.9 Å². The molecule has 1 nitrogen and oxygen atoms in total. The van der Waals surface area contributed by atoms with E-state index in [1.165, 1.54) is 40.0 Å². The summed E-state index contributed by atoms with van der Waals surface area (Å²) in [7, 11) is 0. The summed E-state index contributed by atoms with van der Waals surface area (Å²) in [4.78, 5) is 2.46. The number of rotatable bonds is 5. The Morgan fingerprint density at radius 2 is 1.66 bits per heavy atom. The minimum Gasteiger partial charge on any atom is -0.296 e. The Morgan fingerprint density at radius 3 is 2.38 bits per heavy atom. The molecule has 1 aliphatic rings. The molecule has 4 rings (SSSR count). The summed E-state index contributed by atoms with van der Waals surface area (Å²) in [5.41, 5.74) is 7.48. The molecule has 0 atom stereocenters. The summed E-state index contributed by atoms with van der Waals surface area (Å²) >= 11 is 0. The van der Waals surface area contributed by atoms with E-state index in [1.807, 2.05) is 18.2 Å². The molecule has 1 heterocycles. The molecule has 0 amide bonds. The highest BCUT2D eigenvalue weighted by atomic mass is 19.1. The van der Waals surface area contributed by atoms with Gasteiger partial charge in [0.1, 0.15) is 5.82 Å². The fourth-order valence-electron chi connectivity index (χ4n) is 3.95. The van der Waals surface area contributed by atoms with E-state index in [0.29, 0.717) is 0 Å². The molecule has 3 aromatic rings. The van der Waals surface area contributed by atoms with Gasteiger partial charge in [-0.25, -0.2) is 4.39 Å². The minimum atomic E-state index is -0.195. The average molecular weight is 384 g/mol. The number of benzene rings is 3. The van der Waals surface area contributed by atoms with Crippen LogP contribution in [0, 0.1) is 12.7 Å². The molecule has 0 aliphatic carbocycles. The van der Waals surface area contributed by atoms with Crippen LogP contribution in [-0.4, -0.2) is 24.5 Å². The lowest BCUT2D eigenvalue weighted by molar-refractivity contribution is 0.335. The molecule has 0 fully saturated rings. The lowest BCUT2D eigenvalue weighted by Gasteiger charge is -2.26. The molecule has 0 aromatic heterocycles. The van der Waals surface area contributed by atoms with E-state index >= 15 is 0 Å². The maximum absolute atomic E-state index is 13.3. The number of hydrogen-bond acceptors (Lipinski definition) is 1. The van der Waals surface area contributed by atoms with Crippen LogP contribution in [-0.2, 0) is 0 Å². The Kier molecular flexibility index (Phi) is 6.02. The lowest BCUT2D eigenvalue weighted by Crippen LogP contribution is -2.28. The van der Waals surface area contributed by atoms with Crippen molar-refractivity contribution in [1.82, 2.24) is 4.90 Å². The summed E-state index contributed by atoms with van der Waals surface area (Å²) in [6.45, 7) is 5.16. The molecule has 0 N–H and O–H groups in total. The van der Waals surface area contributed by atoms with E-state index in [0.717, 1.165) is 31.6 Å². The molecule has 0 bridgehead atoms. The largest absolute Gasteiger partial charge is 0.296 e. The van der Waals surface area contributed by atoms with Crippen molar-refractivity contribution in [2.24, 2.45) is 0 Å². The highest BCUT2D eigenvalue weighted by Gasteiger charge is 2.15. The maximum atomic E-state index is 13.3. The molecular formula is C27H26FN. The molecule has 29 heavy (non-hydrogen) atoms. The van der Waals surface area contributed by atoms with Crippen molar-refractivity contribution in [1.29, 1.82) is 0 Å². The fourth-order valence-corrected chi connectivity index (χ4v) is 3.95. The normalized spacial score (nSPS) is 14.9. The summed E-state index contributed by atoms with van der Waals surface area (Å²) in [5.74, 6) is -0.195. The lowest BCUT2D eigenvalue weighted by atomic mass is 9.90. The van der Waals surface area contributed by atoms with Gasteiger partial charge in [-0.05, 0) is 58.9 Å². The fraction of sp³-hybridized carbons (Fsp3) is 0.185. The van der Waals surface area contributed by atoms with Crippen LogP contribution in [0.4, 0.5) is 4.39 Å². The van der Waals surface area contributed by atoms with Crippen molar-refractivity contribution in [3.8, 4) is 11.1 Å². The highest BCUT2D eigenvalue weighted by molar-refractivity contribution is 5.77. The van der Waals surface area contributed by atoms with Gasteiger partial charge in [-0.3, -0.25) is 4.90 Å². The third-order valence-electron chi connectivity index (χ3n) is 5.60. The Labute approximate surface area is 172 Å². The van der Waals surface area contributed by atoms with E-state index in [-0.39, 0.29) is 5.82 Å². The second-order valence-electron chi connectivity index (χ2n) is 7.54. The highest BCUT2D eigenvalue weighted by Crippen LogP contribution is 2.32. The van der Waals surface area contributed by atoms with E-state index in [1.54, 1.807) is 0 Å². The Bertz CT molecular complexity index is 1020. The molecule has 1 aliphatic heterocycles. The SMILES string of the molecule is Cc1c(C2=CCN(CC=Cc3ccccc3)CC2)cccc1-c1ccc(F)cc1. The van der Waals surface area contributed by atoms with Crippen molar-refractivity contribution < 1.29 is 4.39 Å². The van der Waals surface area contributed by atoms with Gasteiger partial charge in [-0.15, -0.1) is 0 Å². The first-order valence-electron chi connectivity index (χ1n) is 10.2. The van der Waals surface area contributed by atoms with Crippen molar-refractivity contribution in [3.63, 3.8) is 0 Å². The van der Waals surface area contributed by atoms with Gasteiger partial charge in [0.05, 0.1) is 0 Å². The maximum Gasteiger partial charge on any atom is 0.123 e. The van der Waals surface area contributed by atoms with Crippen LogP contribution in [0.2, 0.25) is 0 Å². The van der Waals surface area contributed by atoms with Gasteiger partial charge in [0.15, 0.2) is 0 Å². The second-order valence-corrected chi connectivity index (χ2v) is 7.54. The molecule has 0 saturated heterocycles. The first kappa shape index (κ1) is 19.4. The van der Waals surface area contributed by atoms with Crippen LogP contribution in [0.15, 0.2) is 84.9 Å². The van der Waals surface area contributed by atoms with Gasteiger partial charge in [0.2, 0.25) is 0 Å². The average Bonchev–Trinajstić information content (AvgIpc) is 2.76. The van der Waals surface area contributed by atoms with E-state index in [2.05, 4.69) is 72.5 Å². The van der Waals surface area contributed by atoms with Crippen molar-refractivity contribution in [2.75, 3.05) is 19.6 Å². The van der Waals surface area contributed by atoms with Gasteiger partial charge >= 0.3 is 0 Å². The predicted octanol–water partition coefficient (Wildman–Crippen LogP) is 6.60. The van der Waals surface area contributed by atoms with Crippen molar-refractivity contribution in [3.05, 3.63) is 107 Å². The number of nitrogens with zero attached hydrogens (tertiary/aromatic N) is 1. The van der Waals surface area contributed by atoms with Gasteiger partial charge in [-0.2, -0.15) is 0 Å². The first-order chi connectivity index (χ1) is 14.2. The van der Waals surface area contributed by atoms with Gasteiger partial charge < -0.3 is 0 Å². The molecule has 0 radical (unpaired) electrons. The van der Waals surface area contributed by atoms with Gasteiger partial charge in [0.25, 0.3) is 0 Å². The third kappa shape index (κ3) is 4.72. The standard InChI is InChI=1S/C27H26FN/c1-21-26(23-12-14-25(28)15-13-23)10-5-11-27(21)24-16-19-29(20-17-24)18-6-9-22-7-3-2-4-8-22/h2-16H,17-20H2,1H3. The zero-order valence-corrected chi connectivity index (χ0v) is 16.8. The van der Waals surface area contributed by atoms with Crippen molar-refractivity contribution in [2.45, 2.75) is 13.3 Å². The Morgan fingerprint density at radius 1 is 0.897 bits per heavy atom. The summed E-state index contributed by atoms with van der Waals surface area (Å²) in [6, 6.07) is 23.6. The monoisotopic (exact) mass is 383 g/mol. The molecule has 0 unspecified atom stereocenters. The summed E-state index contributed by atoms with van der Waals surface area (Å²) in [6.07, 6.45) is 7.84. The van der Waals surface area contributed by atoms with Gasteiger partial charge in [0, 0.05) is 19.6 Å². The van der Waals surface area contributed by atoms with Crippen LogP contribution in [0.25, 0.3) is 22.8 Å². The molecule has 0 saturated carbocycles. The molecular weight excluding hydrogens is 357 g/mol. The number of halogens is 1. The smallest absolute Gasteiger partial charge is 0.123 e. The minimum absolute atomic E-state index is 0.195. The Balaban J connectivity index is 1.45. The summed E-state index contributed by atoms with van der Waals surface area (Å²) in [5, 5.41) is 0. The zero-order valence-electron chi connectivity index (χ0n) is 16.8. The van der Waals surface area contributed by atoms with Crippen LogP contribution < -0.4 is 0 Å². The van der Waals surface area contributed by atoms with Crippen molar-refractivity contribution >= 4 is 11.6 Å². The quantitative estimate of drug-likeness (QED) is 0.479. The predicted molar refractivity (Wildman–Crippen MR) is 121 cm³/mol. The van der Waals surface area contributed by atoms with Crippen LogP contribution in [0.5, 0.6) is 0 Å². The molecule has 2 heteroatoms. The van der Waals surface area contributed by atoms with Crippen LogP contribution in [0.3, 0.4) is 0 Å². The van der Waals surface area contributed by atoms with Crippen LogP contribution >= 0.6 is 0 Å². The zero-order chi connectivity index (χ0) is 20.1. The Hall–Kier alpha value is -2.97. The van der Waals surface area contributed by atoms with Crippen LogP contribution in [0.1, 0.15) is 23.1 Å². The third-order valence-corrected chi connectivity index (χ3v) is 5.60. The van der Waals surface area contributed by atoms with E-state index < -0.39 is 0 Å². The molecule has 3 aromatic carbocycles. The molecule has 0 spiro atoms. The van der Waals surface area contributed by atoms with E-state index in [4.69, 9.17) is 0 Å². The second kappa shape index (κ2) is 9.02. The topological polar surface area (TPSA) is 3.24 Å². The van der Waals surface area contributed by atoms with E-state index in [9.17, 15) is 4.39 Å². The molecule has 146 valence electrons. The first-order valence-corrected chi connectivity index (χ1v) is 10.2. The number of hydrogen-bond donors (Lipinski definition) is 0. The summed E-state index contributed by atoms with van der Waals surface area (Å²) < 4.78 is 13.3.